The first-order valence-electron chi connectivity index (χ1n) is 6.89. The Bertz CT molecular complexity index is 239. The van der Waals surface area contributed by atoms with E-state index in [9.17, 15) is 4.79 Å². The standard InChI is InChI=1S/C14H28N2O/c1-11(14(2,3)4)10-13(17)16-9-7-12-6-5-8-15-12/h11-12,15H,5-10H2,1-4H3,(H,16,17). The van der Waals surface area contributed by atoms with Gasteiger partial charge in [-0.15, -0.1) is 0 Å². The van der Waals surface area contributed by atoms with Crippen molar-refractivity contribution in [2.75, 3.05) is 13.1 Å². The van der Waals surface area contributed by atoms with E-state index in [4.69, 9.17) is 0 Å². The van der Waals surface area contributed by atoms with E-state index < -0.39 is 0 Å². The summed E-state index contributed by atoms with van der Waals surface area (Å²) < 4.78 is 0. The van der Waals surface area contributed by atoms with Crippen molar-refractivity contribution < 1.29 is 4.79 Å². The van der Waals surface area contributed by atoms with Crippen molar-refractivity contribution in [1.82, 2.24) is 10.6 Å². The van der Waals surface area contributed by atoms with E-state index >= 15 is 0 Å². The molecule has 3 heteroatoms. The molecule has 0 radical (unpaired) electrons. The van der Waals surface area contributed by atoms with Crippen molar-refractivity contribution in [3.05, 3.63) is 0 Å². The molecule has 1 saturated heterocycles. The molecule has 1 fully saturated rings. The zero-order valence-electron chi connectivity index (χ0n) is 11.8. The van der Waals surface area contributed by atoms with Gasteiger partial charge in [-0.2, -0.15) is 0 Å². The molecule has 2 unspecified atom stereocenters. The van der Waals surface area contributed by atoms with Crippen LogP contribution in [0.3, 0.4) is 0 Å². The average molecular weight is 240 g/mol. The Morgan fingerprint density at radius 2 is 2.18 bits per heavy atom. The molecule has 3 nitrogen and oxygen atoms in total. The van der Waals surface area contributed by atoms with Crippen molar-refractivity contribution >= 4 is 5.91 Å². The highest BCUT2D eigenvalue weighted by molar-refractivity contribution is 5.76. The number of amides is 1. The van der Waals surface area contributed by atoms with Gasteiger partial charge in [0, 0.05) is 19.0 Å². The molecule has 17 heavy (non-hydrogen) atoms. The van der Waals surface area contributed by atoms with E-state index in [0.29, 0.717) is 18.4 Å². The maximum absolute atomic E-state index is 11.7. The third kappa shape index (κ3) is 5.53. The van der Waals surface area contributed by atoms with Crippen molar-refractivity contribution in [1.29, 1.82) is 0 Å². The second-order valence-electron chi connectivity index (χ2n) is 6.40. The molecule has 2 N–H and O–H groups in total. The summed E-state index contributed by atoms with van der Waals surface area (Å²) in [5.41, 5.74) is 0.213. The smallest absolute Gasteiger partial charge is 0.220 e. The van der Waals surface area contributed by atoms with Crippen molar-refractivity contribution in [3.63, 3.8) is 0 Å². The molecule has 1 amide bonds. The molecular formula is C14H28N2O. The van der Waals surface area contributed by atoms with E-state index in [1.807, 2.05) is 0 Å². The highest BCUT2D eigenvalue weighted by Gasteiger charge is 2.22. The Labute approximate surface area is 106 Å². The topological polar surface area (TPSA) is 41.1 Å². The summed E-state index contributed by atoms with van der Waals surface area (Å²) in [4.78, 5) is 11.7. The van der Waals surface area contributed by atoms with Crippen LogP contribution in [-0.2, 0) is 4.79 Å². The van der Waals surface area contributed by atoms with Gasteiger partial charge in [0.15, 0.2) is 0 Å². The average Bonchev–Trinajstić information content (AvgIpc) is 2.69. The number of rotatable bonds is 5. The fraction of sp³-hybridized carbons (Fsp3) is 0.929. The molecule has 0 aromatic rings. The minimum atomic E-state index is 0.199. The van der Waals surface area contributed by atoms with Gasteiger partial charge in [0.1, 0.15) is 0 Å². The lowest BCUT2D eigenvalue weighted by atomic mass is 9.80. The zero-order chi connectivity index (χ0) is 12.9. The number of hydrogen-bond donors (Lipinski definition) is 2. The van der Waals surface area contributed by atoms with Crippen LogP contribution in [0.15, 0.2) is 0 Å². The maximum atomic E-state index is 11.7. The summed E-state index contributed by atoms with van der Waals surface area (Å²) in [5.74, 6) is 0.623. The lowest BCUT2D eigenvalue weighted by Gasteiger charge is -2.26. The third-order valence-corrected chi connectivity index (χ3v) is 3.95. The first kappa shape index (κ1) is 14.5. The molecule has 2 atom stereocenters. The van der Waals surface area contributed by atoms with Crippen LogP contribution < -0.4 is 10.6 Å². The molecule has 0 aromatic carbocycles. The van der Waals surface area contributed by atoms with Crippen LogP contribution in [-0.4, -0.2) is 25.0 Å². The summed E-state index contributed by atoms with van der Waals surface area (Å²) in [6, 6.07) is 0.621. The van der Waals surface area contributed by atoms with Gasteiger partial charge in [-0.25, -0.2) is 0 Å². The lowest BCUT2D eigenvalue weighted by molar-refractivity contribution is -0.122. The molecular weight excluding hydrogens is 212 g/mol. The summed E-state index contributed by atoms with van der Waals surface area (Å²) in [6.07, 6.45) is 4.24. The first-order valence-corrected chi connectivity index (χ1v) is 6.89. The second-order valence-corrected chi connectivity index (χ2v) is 6.40. The van der Waals surface area contributed by atoms with Gasteiger partial charge in [-0.05, 0) is 37.1 Å². The van der Waals surface area contributed by atoms with Crippen LogP contribution in [0.4, 0.5) is 0 Å². The normalized spacial score (nSPS) is 22.5. The molecule has 1 aliphatic rings. The molecule has 1 heterocycles. The van der Waals surface area contributed by atoms with Gasteiger partial charge < -0.3 is 10.6 Å². The van der Waals surface area contributed by atoms with E-state index in [0.717, 1.165) is 19.5 Å². The van der Waals surface area contributed by atoms with Crippen LogP contribution in [0.25, 0.3) is 0 Å². The molecule has 0 bridgehead atoms. The second kappa shape index (κ2) is 6.39. The van der Waals surface area contributed by atoms with Crippen molar-refractivity contribution in [3.8, 4) is 0 Å². The SMILES string of the molecule is CC(CC(=O)NCCC1CCCN1)C(C)(C)C. The Morgan fingerprint density at radius 3 is 2.71 bits per heavy atom. The third-order valence-electron chi connectivity index (χ3n) is 3.95. The molecule has 0 aliphatic carbocycles. The van der Waals surface area contributed by atoms with E-state index in [2.05, 4.69) is 38.3 Å². The number of carbonyl (C=O) groups excluding carboxylic acids is 1. The Hall–Kier alpha value is -0.570. The van der Waals surface area contributed by atoms with Crippen LogP contribution in [0.2, 0.25) is 0 Å². The predicted molar refractivity (Wildman–Crippen MR) is 71.9 cm³/mol. The van der Waals surface area contributed by atoms with Crippen LogP contribution in [0.1, 0.15) is 53.4 Å². The van der Waals surface area contributed by atoms with Gasteiger partial charge >= 0.3 is 0 Å². The fourth-order valence-corrected chi connectivity index (χ4v) is 2.05. The minimum absolute atomic E-state index is 0.199. The molecule has 100 valence electrons. The van der Waals surface area contributed by atoms with Crippen LogP contribution >= 0.6 is 0 Å². The van der Waals surface area contributed by atoms with Crippen LogP contribution in [0.5, 0.6) is 0 Å². The van der Waals surface area contributed by atoms with Gasteiger partial charge in [-0.1, -0.05) is 27.7 Å². The highest BCUT2D eigenvalue weighted by Crippen LogP contribution is 2.27. The monoisotopic (exact) mass is 240 g/mol. The van der Waals surface area contributed by atoms with E-state index in [1.54, 1.807) is 0 Å². The summed E-state index contributed by atoms with van der Waals surface area (Å²) in [5, 5.41) is 6.48. The number of hydrogen-bond acceptors (Lipinski definition) is 2. The predicted octanol–water partition coefficient (Wildman–Crippen LogP) is 2.32. The summed E-state index contributed by atoms with van der Waals surface area (Å²) in [6.45, 7) is 10.7. The number of nitrogens with one attached hydrogen (secondary N) is 2. The van der Waals surface area contributed by atoms with Crippen LogP contribution in [0, 0.1) is 11.3 Å². The zero-order valence-corrected chi connectivity index (χ0v) is 11.8. The number of carbonyl (C=O) groups is 1. The van der Waals surface area contributed by atoms with Gasteiger partial charge in [-0.3, -0.25) is 4.79 Å². The maximum Gasteiger partial charge on any atom is 0.220 e. The highest BCUT2D eigenvalue weighted by atomic mass is 16.1. The van der Waals surface area contributed by atoms with Gasteiger partial charge in [0.05, 0.1) is 0 Å². The Balaban J connectivity index is 2.12. The Morgan fingerprint density at radius 1 is 1.47 bits per heavy atom. The Kier molecular flexibility index (Phi) is 5.44. The van der Waals surface area contributed by atoms with E-state index in [1.165, 1.54) is 12.8 Å². The lowest BCUT2D eigenvalue weighted by Crippen LogP contribution is -2.32. The molecule has 0 saturated carbocycles. The molecule has 1 rings (SSSR count). The molecule has 1 aliphatic heterocycles. The summed E-state index contributed by atoms with van der Waals surface area (Å²) >= 11 is 0. The quantitative estimate of drug-likeness (QED) is 0.774. The largest absolute Gasteiger partial charge is 0.356 e. The van der Waals surface area contributed by atoms with Gasteiger partial charge in [0.2, 0.25) is 5.91 Å². The fourth-order valence-electron chi connectivity index (χ4n) is 2.05. The molecule has 0 spiro atoms. The van der Waals surface area contributed by atoms with Crippen molar-refractivity contribution in [2.45, 2.75) is 59.4 Å². The summed E-state index contributed by atoms with van der Waals surface area (Å²) in [7, 11) is 0. The van der Waals surface area contributed by atoms with Gasteiger partial charge in [0.25, 0.3) is 0 Å². The van der Waals surface area contributed by atoms with E-state index in [-0.39, 0.29) is 11.3 Å². The first-order chi connectivity index (χ1) is 7.89. The van der Waals surface area contributed by atoms with Crippen molar-refractivity contribution in [2.24, 2.45) is 11.3 Å². The molecule has 0 aromatic heterocycles. The minimum Gasteiger partial charge on any atom is -0.356 e.